The summed E-state index contributed by atoms with van der Waals surface area (Å²) in [4.78, 5) is 11.9. The van der Waals surface area contributed by atoms with Gasteiger partial charge < -0.3 is 4.79 Å². The summed E-state index contributed by atoms with van der Waals surface area (Å²) in [7, 11) is 0. The van der Waals surface area contributed by atoms with Crippen molar-refractivity contribution in [3.8, 4) is 0 Å². The Morgan fingerprint density at radius 3 is 3.15 bits per heavy atom. The van der Waals surface area contributed by atoms with Gasteiger partial charge in [-0.05, 0) is 30.0 Å². The fraction of sp³-hybridized carbons (Fsp3) is 0.300. The average molecular weight is 193 g/mol. The van der Waals surface area contributed by atoms with E-state index in [0.717, 1.165) is 19.3 Å². The molecule has 0 aromatic heterocycles. The van der Waals surface area contributed by atoms with Gasteiger partial charge in [0.25, 0.3) is 0 Å². The molecule has 1 aliphatic rings. The molecule has 0 saturated heterocycles. The fourth-order valence-corrected chi connectivity index (χ4v) is 2.33. The maximum Gasteiger partial charge on any atom is 0.124 e. The van der Waals surface area contributed by atoms with Gasteiger partial charge in [0.05, 0.1) is 0 Å². The van der Waals surface area contributed by atoms with Crippen LogP contribution in [0.25, 0.3) is 0 Å². The second-order valence-electron chi connectivity index (χ2n) is 3.16. The molecule has 1 aromatic carbocycles. The van der Waals surface area contributed by atoms with E-state index in [1.807, 2.05) is 12.1 Å². The molecule has 0 spiro atoms. The van der Waals surface area contributed by atoms with E-state index in [1.165, 1.54) is 10.5 Å². The number of carbonyl (C=O) groups is 1. The van der Waals surface area contributed by atoms with Crippen LogP contribution in [0.3, 0.4) is 0 Å². The first-order valence-corrected chi connectivity index (χ1v) is 5.14. The van der Waals surface area contributed by atoms with Gasteiger partial charge in [-0.25, -0.2) is 0 Å². The van der Waals surface area contributed by atoms with Crippen molar-refractivity contribution in [2.75, 3.05) is 6.54 Å². The highest BCUT2D eigenvalue weighted by Crippen LogP contribution is 2.25. The van der Waals surface area contributed by atoms with Crippen LogP contribution in [-0.2, 0) is 11.2 Å². The van der Waals surface area contributed by atoms with E-state index in [2.05, 4.69) is 16.9 Å². The Morgan fingerprint density at radius 1 is 1.46 bits per heavy atom. The smallest absolute Gasteiger partial charge is 0.124 e. The number of rotatable bonds is 1. The summed E-state index contributed by atoms with van der Waals surface area (Å²) in [6.45, 7) is 0.767. The quantitative estimate of drug-likeness (QED) is 0.543. The van der Waals surface area contributed by atoms with Crippen molar-refractivity contribution in [1.29, 1.82) is 0 Å². The molecule has 1 atom stereocenters. The number of hydrogen-bond acceptors (Lipinski definition) is 3. The van der Waals surface area contributed by atoms with Gasteiger partial charge in [0.1, 0.15) is 6.29 Å². The number of carbonyl (C=O) groups excluding carboxylic acids is 1. The number of aldehydes is 1. The highest BCUT2D eigenvalue weighted by molar-refractivity contribution is 7.97. The van der Waals surface area contributed by atoms with Crippen molar-refractivity contribution in [3.63, 3.8) is 0 Å². The standard InChI is InChI=1S/C10H11NOS/c12-7-8-5-9-3-1-2-4-10(9)13-11-6-8/h1-4,7-8,11H,5-6H2. The Balaban J connectivity index is 2.28. The highest BCUT2D eigenvalue weighted by atomic mass is 32.2. The SMILES string of the molecule is O=CC1CNSc2ccccc2C1. The third-order valence-corrected chi connectivity index (χ3v) is 3.10. The average Bonchev–Trinajstić information content (AvgIpc) is 2.38. The lowest BCUT2D eigenvalue weighted by atomic mass is 10.0. The van der Waals surface area contributed by atoms with Crippen molar-refractivity contribution in [3.05, 3.63) is 29.8 Å². The minimum absolute atomic E-state index is 0.121. The molecule has 2 nitrogen and oxygen atoms in total. The third-order valence-electron chi connectivity index (χ3n) is 2.17. The summed E-state index contributed by atoms with van der Waals surface area (Å²) in [6.07, 6.45) is 1.90. The van der Waals surface area contributed by atoms with E-state index in [-0.39, 0.29) is 5.92 Å². The van der Waals surface area contributed by atoms with Crippen LogP contribution < -0.4 is 4.72 Å². The van der Waals surface area contributed by atoms with Crippen LogP contribution >= 0.6 is 11.9 Å². The Bertz CT molecular complexity index is 314. The molecule has 0 radical (unpaired) electrons. The lowest BCUT2D eigenvalue weighted by Gasteiger charge is -2.04. The summed E-state index contributed by atoms with van der Waals surface area (Å²) in [6, 6.07) is 8.22. The third kappa shape index (κ3) is 1.92. The Morgan fingerprint density at radius 2 is 2.31 bits per heavy atom. The molecule has 68 valence electrons. The van der Waals surface area contributed by atoms with Gasteiger partial charge in [-0.15, -0.1) is 0 Å². The van der Waals surface area contributed by atoms with E-state index in [0.29, 0.717) is 0 Å². The zero-order chi connectivity index (χ0) is 9.10. The van der Waals surface area contributed by atoms with Gasteiger partial charge in [-0.2, -0.15) is 0 Å². The van der Waals surface area contributed by atoms with Crippen LogP contribution in [0.2, 0.25) is 0 Å². The second kappa shape index (κ2) is 3.94. The lowest BCUT2D eigenvalue weighted by molar-refractivity contribution is -0.110. The lowest BCUT2D eigenvalue weighted by Crippen LogP contribution is -2.17. The normalized spacial score (nSPS) is 21.7. The monoisotopic (exact) mass is 193 g/mol. The van der Waals surface area contributed by atoms with Crippen LogP contribution in [-0.4, -0.2) is 12.8 Å². The maximum atomic E-state index is 10.7. The van der Waals surface area contributed by atoms with Crippen molar-refractivity contribution in [2.45, 2.75) is 11.3 Å². The molecule has 3 heteroatoms. The van der Waals surface area contributed by atoms with Crippen molar-refractivity contribution < 1.29 is 4.79 Å². The van der Waals surface area contributed by atoms with Crippen LogP contribution in [0.15, 0.2) is 29.2 Å². The van der Waals surface area contributed by atoms with Gasteiger partial charge in [-0.3, -0.25) is 4.72 Å². The molecule has 0 saturated carbocycles. The fourth-order valence-electron chi connectivity index (χ4n) is 1.45. The van der Waals surface area contributed by atoms with E-state index >= 15 is 0 Å². The van der Waals surface area contributed by atoms with Gasteiger partial charge in [0.15, 0.2) is 0 Å². The molecule has 0 aliphatic carbocycles. The Hall–Kier alpha value is -0.800. The number of hydrogen-bond donors (Lipinski definition) is 1. The summed E-state index contributed by atoms with van der Waals surface area (Å²) < 4.78 is 3.19. The zero-order valence-corrected chi connectivity index (χ0v) is 8.01. The van der Waals surface area contributed by atoms with Crippen molar-refractivity contribution >= 4 is 18.2 Å². The number of fused-ring (bicyclic) bond motifs is 1. The van der Waals surface area contributed by atoms with E-state index in [4.69, 9.17) is 0 Å². The van der Waals surface area contributed by atoms with E-state index in [9.17, 15) is 4.79 Å². The van der Waals surface area contributed by atoms with Gasteiger partial charge >= 0.3 is 0 Å². The first-order valence-electron chi connectivity index (χ1n) is 4.33. The number of nitrogens with one attached hydrogen (secondary N) is 1. The Kier molecular flexibility index (Phi) is 2.66. The molecule has 1 aromatic rings. The Labute approximate surface area is 81.9 Å². The van der Waals surface area contributed by atoms with Crippen LogP contribution in [0.1, 0.15) is 5.56 Å². The van der Waals surface area contributed by atoms with Gasteiger partial charge in [0.2, 0.25) is 0 Å². The first kappa shape index (κ1) is 8.78. The molecular formula is C10H11NOS. The minimum Gasteiger partial charge on any atom is -0.303 e. The highest BCUT2D eigenvalue weighted by Gasteiger charge is 2.15. The molecule has 0 bridgehead atoms. The van der Waals surface area contributed by atoms with Crippen LogP contribution in [0, 0.1) is 5.92 Å². The molecule has 1 unspecified atom stereocenters. The first-order chi connectivity index (χ1) is 6.40. The molecule has 13 heavy (non-hydrogen) atoms. The molecule has 0 amide bonds. The van der Waals surface area contributed by atoms with E-state index < -0.39 is 0 Å². The molecule has 2 rings (SSSR count). The molecule has 0 fully saturated rings. The van der Waals surface area contributed by atoms with Gasteiger partial charge in [-0.1, -0.05) is 18.2 Å². The topological polar surface area (TPSA) is 29.1 Å². The minimum atomic E-state index is 0.121. The van der Waals surface area contributed by atoms with Gasteiger partial charge in [0, 0.05) is 17.4 Å². The molecule has 1 aliphatic heterocycles. The van der Waals surface area contributed by atoms with Crippen molar-refractivity contribution in [2.24, 2.45) is 5.92 Å². The largest absolute Gasteiger partial charge is 0.303 e. The predicted octanol–water partition coefficient (Wildman–Crippen LogP) is 1.65. The van der Waals surface area contributed by atoms with Crippen LogP contribution in [0.5, 0.6) is 0 Å². The summed E-state index contributed by atoms with van der Waals surface area (Å²) in [5, 5.41) is 0. The summed E-state index contributed by atoms with van der Waals surface area (Å²) in [5.41, 5.74) is 1.27. The predicted molar refractivity (Wildman–Crippen MR) is 53.6 cm³/mol. The van der Waals surface area contributed by atoms with Crippen molar-refractivity contribution in [1.82, 2.24) is 4.72 Å². The molecular weight excluding hydrogens is 182 g/mol. The van der Waals surface area contributed by atoms with Crippen LogP contribution in [0.4, 0.5) is 0 Å². The molecule has 1 heterocycles. The maximum absolute atomic E-state index is 10.7. The van der Waals surface area contributed by atoms with E-state index in [1.54, 1.807) is 11.9 Å². The summed E-state index contributed by atoms with van der Waals surface area (Å²) >= 11 is 1.62. The zero-order valence-electron chi connectivity index (χ0n) is 7.19. The summed E-state index contributed by atoms with van der Waals surface area (Å²) in [5.74, 6) is 0.121. The number of benzene rings is 1. The molecule has 1 N–H and O–H groups in total. The second-order valence-corrected chi connectivity index (χ2v) is 4.09.